The Bertz CT molecular complexity index is 220. The summed E-state index contributed by atoms with van der Waals surface area (Å²) in [5.41, 5.74) is -0.312. The van der Waals surface area contributed by atoms with E-state index in [0.29, 0.717) is 0 Å². The summed E-state index contributed by atoms with van der Waals surface area (Å²) < 4.78 is 0. The van der Waals surface area contributed by atoms with Crippen LogP contribution in [0.25, 0.3) is 0 Å². The molecule has 0 spiro atoms. The van der Waals surface area contributed by atoms with Crippen LogP contribution in [-0.4, -0.2) is 23.4 Å². The van der Waals surface area contributed by atoms with Gasteiger partial charge in [-0.3, -0.25) is 0 Å². The molecule has 0 unspecified atom stereocenters. The largest absolute Gasteiger partial charge is 0.395 e. The maximum absolute atomic E-state index is 9.27. The number of aliphatic hydroxyl groups is 2. The summed E-state index contributed by atoms with van der Waals surface area (Å²) in [6.07, 6.45) is 9.97. The van der Waals surface area contributed by atoms with Gasteiger partial charge in [0.2, 0.25) is 0 Å². The zero-order chi connectivity index (χ0) is 8.66. The van der Waals surface area contributed by atoms with E-state index in [-0.39, 0.29) is 24.0 Å². The van der Waals surface area contributed by atoms with Gasteiger partial charge in [0.05, 0.1) is 13.2 Å². The Hall–Kier alpha value is -0.600. The Balaban J connectivity index is 2.33. The Morgan fingerprint density at radius 2 is 1.33 bits per heavy atom. The summed E-state index contributed by atoms with van der Waals surface area (Å²) in [6, 6.07) is 0. The number of fused-ring (bicyclic) bond motifs is 1. The lowest BCUT2D eigenvalue weighted by Crippen LogP contribution is -2.51. The quantitative estimate of drug-likeness (QED) is 0.597. The fourth-order valence-corrected chi connectivity index (χ4v) is 2.23. The molecule has 2 rings (SSSR count). The van der Waals surface area contributed by atoms with Gasteiger partial charge < -0.3 is 10.2 Å². The van der Waals surface area contributed by atoms with Crippen LogP contribution >= 0.6 is 0 Å². The third-order valence-electron chi connectivity index (χ3n) is 3.41. The topological polar surface area (TPSA) is 40.5 Å². The Kier molecular flexibility index (Phi) is 1.63. The van der Waals surface area contributed by atoms with Gasteiger partial charge >= 0.3 is 0 Å². The highest BCUT2D eigenvalue weighted by molar-refractivity contribution is 5.32. The van der Waals surface area contributed by atoms with Crippen molar-refractivity contribution in [1.82, 2.24) is 0 Å². The fraction of sp³-hybridized carbons (Fsp3) is 0.600. The van der Waals surface area contributed by atoms with Crippen molar-refractivity contribution in [3.63, 3.8) is 0 Å². The minimum Gasteiger partial charge on any atom is -0.395 e. The average Bonchev–Trinajstić information content (AvgIpc) is 2.09. The number of aliphatic hydroxyl groups excluding tert-OH is 2. The first-order valence-electron chi connectivity index (χ1n) is 4.36. The third-order valence-corrected chi connectivity index (χ3v) is 3.41. The summed E-state index contributed by atoms with van der Waals surface area (Å²) in [5, 5.41) is 18.5. The maximum atomic E-state index is 9.27. The third kappa shape index (κ3) is 0.718. The van der Waals surface area contributed by atoms with Gasteiger partial charge in [-0.2, -0.15) is 0 Å². The highest BCUT2D eigenvalue weighted by Gasteiger charge is 2.53. The van der Waals surface area contributed by atoms with E-state index in [1.54, 1.807) is 0 Å². The zero-order valence-electron chi connectivity index (χ0n) is 7.03. The first kappa shape index (κ1) is 8.02. The van der Waals surface area contributed by atoms with Crippen molar-refractivity contribution >= 4 is 0 Å². The first-order valence-corrected chi connectivity index (χ1v) is 4.36. The van der Waals surface area contributed by atoms with E-state index in [1.165, 1.54) is 0 Å². The van der Waals surface area contributed by atoms with E-state index in [1.807, 2.05) is 12.2 Å². The first-order chi connectivity index (χ1) is 5.79. The SMILES string of the molecule is OC[C@]12C=C[C@@]1(CO)CC=CC2. The van der Waals surface area contributed by atoms with Crippen LogP contribution in [0.1, 0.15) is 12.8 Å². The van der Waals surface area contributed by atoms with Gasteiger partial charge in [0, 0.05) is 10.8 Å². The molecule has 2 heteroatoms. The molecule has 12 heavy (non-hydrogen) atoms. The summed E-state index contributed by atoms with van der Waals surface area (Å²) in [4.78, 5) is 0. The molecule has 0 aliphatic heterocycles. The van der Waals surface area contributed by atoms with Crippen molar-refractivity contribution in [1.29, 1.82) is 0 Å². The van der Waals surface area contributed by atoms with E-state index < -0.39 is 0 Å². The number of rotatable bonds is 2. The molecule has 0 amide bonds. The van der Waals surface area contributed by atoms with Crippen molar-refractivity contribution in [2.24, 2.45) is 10.8 Å². The predicted molar refractivity (Wildman–Crippen MR) is 46.6 cm³/mol. The van der Waals surface area contributed by atoms with E-state index in [2.05, 4.69) is 12.2 Å². The molecule has 0 heterocycles. The second-order valence-corrected chi connectivity index (χ2v) is 3.84. The molecule has 2 nitrogen and oxygen atoms in total. The number of allylic oxidation sites excluding steroid dienone is 2. The van der Waals surface area contributed by atoms with Crippen molar-refractivity contribution in [3.05, 3.63) is 24.3 Å². The molecule has 0 bridgehead atoms. The van der Waals surface area contributed by atoms with E-state index in [9.17, 15) is 10.2 Å². The van der Waals surface area contributed by atoms with Gasteiger partial charge in [-0.25, -0.2) is 0 Å². The van der Waals surface area contributed by atoms with Gasteiger partial charge in [0.1, 0.15) is 0 Å². The van der Waals surface area contributed by atoms with Crippen LogP contribution in [0.5, 0.6) is 0 Å². The second kappa shape index (κ2) is 2.44. The van der Waals surface area contributed by atoms with Gasteiger partial charge in [-0.05, 0) is 12.8 Å². The van der Waals surface area contributed by atoms with Crippen LogP contribution in [-0.2, 0) is 0 Å². The van der Waals surface area contributed by atoms with Gasteiger partial charge in [0.15, 0.2) is 0 Å². The normalized spacial score (nSPS) is 43.8. The van der Waals surface area contributed by atoms with Crippen LogP contribution in [0.3, 0.4) is 0 Å². The minimum absolute atomic E-state index is 0.147. The van der Waals surface area contributed by atoms with Gasteiger partial charge in [0.25, 0.3) is 0 Å². The molecule has 2 aliphatic rings. The van der Waals surface area contributed by atoms with Crippen molar-refractivity contribution in [3.8, 4) is 0 Å². The zero-order valence-corrected chi connectivity index (χ0v) is 7.03. The highest BCUT2D eigenvalue weighted by Crippen LogP contribution is 2.56. The van der Waals surface area contributed by atoms with Crippen LogP contribution < -0.4 is 0 Å². The molecule has 0 saturated carbocycles. The summed E-state index contributed by atoms with van der Waals surface area (Å²) in [5.74, 6) is 0. The lowest BCUT2D eigenvalue weighted by atomic mass is 9.51. The standard InChI is InChI=1S/C10H14O2/c11-7-9-3-1-2-4-10(9,8-12)6-5-9/h1-2,5-6,11-12H,3-4,7-8H2/t9-,10+. The molecule has 0 aromatic carbocycles. The monoisotopic (exact) mass is 166 g/mol. The molecular weight excluding hydrogens is 152 g/mol. The summed E-state index contributed by atoms with van der Waals surface area (Å²) >= 11 is 0. The Morgan fingerprint density at radius 3 is 1.58 bits per heavy atom. The molecule has 2 aliphatic carbocycles. The van der Waals surface area contributed by atoms with E-state index in [0.717, 1.165) is 12.8 Å². The minimum atomic E-state index is -0.156. The summed E-state index contributed by atoms with van der Waals surface area (Å²) in [7, 11) is 0. The highest BCUT2D eigenvalue weighted by atomic mass is 16.3. The molecule has 0 saturated heterocycles. The molecule has 0 aromatic rings. The number of hydrogen-bond donors (Lipinski definition) is 2. The molecule has 2 N–H and O–H groups in total. The van der Waals surface area contributed by atoms with Crippen LogP contribution in [0, 0.1) is 10.8 Å². The maximum Gasteiger partial charge on any atom is 0.0534 e. The van der Waals surface area contributed by atoms with Gasteiger partial charge in [-0.15, -0.1) is 0 Å². The Morgan fingerprint density at radius 1 is 0.917 bits per heavy atom. The molecule has 0 radical (unpaired) electrons. The Labute approximate surface area is 72.2 Å². The van der Waals surface area contributed by atoms with E-state index in [4.69, 9.17) is 0 Å². The predicted octanol–water partition coefficient (Wildman–Crippen LogP) is 0.864. The molecular formula is C10H14O2. The lowest BCUT2D eigenvalue weighted by Gasteiger charge is -2.53. The number of hydrogen-bond acceptors (Lipinski definition) is 2. The molecule has 0 aromatic heterocycles. The van der Waals surface area contributed by atoms with Crippen LogP contribution in [0.2, 0.25) is 0 Å². The van der Waals surface area contributed by atoms with E-state index >= 15 is 0 Å². The smallest absolute Gasteiger partial charge is 0.0534 e. The van der Waals surface area contributed by atoms with Gasteiger partial charge in [-0.1, -0.05) is 24.3 Å². The van der Waals surface area contributed by atoms with Crippen molar-refractivity contribution in [2.45, 2.75) is 12.8 Å². The molecule has 2 atom stereocenters. The summed E-state index contributed by atoms with van der Waals surface area (Å²) in [6.45, 7) is 0.294. The fourth-order valence-electron chi connectivity index (χ4n) is 2.23. The second-order valence-electron chi connectivity index (χ2n) is 3.84. The van der Waals surface area contributed by atoms with Crippen LogP contribution in [0.15, 0.2) is 24.3 Å². The molecule has 0 fully saturated rings. The molecule has 66 valence electrons. The van der Waals surface area contributed by atoms with Crippen LogP contribution in [0.4, 0.5) is 0 Å². The lowest BCUT2D eigenvalue weighted by molar-refractivity contribution is -0.0152. The van der Waals surface area contributed by atoms with Crippen molar-refractivity contribution in [2.75, 3.05) is 13.2 Å². The van der Waals surface area contributed by atoms with Crippen molar-refractivity contribution < 1.29 is 10.2 Å². The average molecular weight is 166 g/mol.